The zero-order valence-electron chi connectivity index (χ0n) is 11.1. The lowest BCUT2D eigenvalue weighted by atomic mass is 10.2. The van der Waals surface area contributed by atoms with Crippen molar-refractivity contribution >= 4 is 11.5 Å². The minimum atomic E-state index is -0.462. The predicted molar refractivity (Wildman–Crippen MR) is 74.7 cm³/mol. The molecule has 1 aromatic heterocycles. The standard InChI is InChI=1S/C13H12N4O4/c1-8-6-10(2-3-11(8)17(19)20)21-12-7-9(4-5-15-12)13(14)16-18/h2-7,18H,1H3,(H2,14,16). The summed E-state index contributed by atoms with van der Waals surface area (Å²) in [6.07, 6.45) is 1.45. The van der Waals surface area contributed by atoms with Gasteiger partial charge in [0.1, 0.15) is 5.75 Å². The number of nitro groups is 1. The average Bonchev–Trinajstić information content (AvgIpc) is 2.46. The van der Waals surface area contributed by atoms with Gasteiger partial charge >= 0.3 is 0 Å². The third-order valence-electron chi connectivity index (χ3n) is 2.73. The monoisotopic (exact) mass is 288 g/mol. The molecule has 2 aromatic rings. The van der Waals surface area contributed by atoms with Crippen LogP contribution in [-0.2, 0) is 0 Å². The van der Waals surface area contributed by atoms with E-state index >= 15 is 0 Å². The Labute approximate surface area is 119 Å². The van der Waals surface area contributed by atoms with Crippen LogP contribution in [-0.4, -0.2) is 21.0 Å². The first-order chi connectivity index (χ1) is 10.0. The molecule has 0 saturated carbocycles. The fourth-order valence-corrected chi connectivity index (χ4v) is 1.70. The summed E-state index contributed by atoms with van der Waals surface area (Å²) in [6, 6.07) is 7.42. The van der Waals surface area contributed by atoms with Gasteiger partial charge in [-0.3, -0.25) is 10.1 Å². The maximum absolute atomic E-state index is 10.7. The highest BCUT2D eigenvalue weighted by molar-refractivity contribution is 5.97. The lowest BCUT2D eigenvalue weighted by molar-refractivity contribution is -0.385. The number of oxime groups is 1. The van der Waals surface area contributed by atoms with Crippen LogP contribution in [0.4, 0.5) is 5.69 Å². The molecule has 8 heteroatoms. The molecule has 2 rings (SSSR count). The minimum absolute atomic E-state index is 0.0146. The van der Waals surface area contributed by atoms with Crippen molar-refractivity contribution in [2.75, 3.05) is 0 Å². The molecule has 0 aliphatic carbocycles. The van der Waals surface area contributed by atoms with Crippen LogP contribution >= 0.6 is 0 Å². The molecular formula is C13H12N4O4. The normalized spacial score (nSPS) is 11.2. The number of aromatic nitrogens is 1. The SMILES string of the molecule is Cc1cc(Oc2cc(/C(N)=N/O)ccn2)ccc1[N+](=O)[O-]. The Morgan fingerprint density at radius 1 is 1.43 bits per heavy atom. The summed E-state index contributed by atoms with van der Waals surface area (Å²) in [5, 5.41) is 22.3. The number of hydrogen-bond donors (Lipinski definition) is 2. The van der Waals surface area contributed by atoms with Crippen LogP contribution in [0.15, 0.2) is 41.7 Å². The Bertz CT molecular complexity index is 715. The molecular weight excluding hydrogens is 276 g/mol. The zero-order chi connectivity index (χ0) is 15.4. The summed E-state index contributed by atoms with van der Waals surface area (Å²) >= 11 is 0. The van der Waals surface area contributed by atoms with Crippen molar-refractivity contribution in [3.8, 4) is 11.6 Å². The zero-order valence-corrected chi connectivity index (χ0v) is 11.1. The summed E-state index contributed by atoms with van der Waals surface area (Å²) in [4.78, 5) is 14.3. The number of hydrogen-bond acceptors (Lipinski definition) is 6. The van der Waals surface area contributed by atoms with Crippen molar-refractivity contribution in [3.05, 3.63) is 57.8 Å². The average molecular weight is 288 g/mol. The van der Waals surface area contributed by atoms with Gasteiger partial charge in [-0.25, -0.2) is 4.98 Å². The van der Waals surface area contributed by atoms with Gasteiger partial charge in [-0.1, -0.05) is 5.16 Å². The maximum atomic E-state index is 10.7. The van der Waals surface area contributed by atoms with E-state index in [2.05, 4.69) is 10.1 Å². The van der Waals surface area contributed by atoms with Gasteiger partial charge in [-0.15, -0.1) is 0 Å². The molecule has 0 aliphatic heterocycles. The molecule has 8 nitrogen and oxygen atoms in total. The van der Waals surface area contributed by atoms with E-state index in [0.717, 1.165) is 0 Å². The van der Waals surface area contributed by atoms with E-state index in [1.807, 2.05) is 0 Å². The van der Waals surface area contributed by atoms with Crippen LogP contribution in [0.5, 0.6) is 11.6 Å². The Morgan fingerprint density at radius 2 is 2.19 bits per heavy atom. The number of amidine groups is 1. The lowest BCUT2D eigenvalue weighted by Crippen LogP contribution is -2.13. The van der Waals surface area contributed by atoms with Gasteiger partial charge in [0.25, 0.3) is 5.69 Å². The Morgan fingerprint density at radius 3 is 2.81 bits per heavy atom. The molecule has 0 spiro atoms. The van der Waals surface area contributed by atoms with Crippen molar-refractivity contribution < 1.29 is 14.9 Å². The summed E-state index contributed by atoms with van der Waals surface area (Å²) < 4.78 is 5.50. The predicted octanol–water partition coefficient (Wildman–Crippen LogP) is 2.19. The molecule has 21 heavy (non-hydrogen) atoms. The van der Waals surface area contributed by atoms with Gasteiger partial charge < -0.3 is 15.7 Å². The number of benzene rings is 1. The van der Waals surface area contributed by atoms with Gasteiger partial charge in [-0.05, 0) is 25.1 Å². The first kappa shape index (κ1) is 14.3. The van der Waals surface area contributed by atoms with Crippen LogP contribution in [0.2, 0.25) is 0 Å². The summed E-state index contributed by atoms with van der Waals surface area (Å²) in [5.41, 5.74) is 6.41. The molecule has 0 radical (unpaired) electrons. The molecule has 1 aromatic carbocycles. The minimum Gasteiger partial charge on any atom is -0.439 e. The second-order valence-electron chi connectivity index (χ2n) is 4.18. The third kappa shape index (κ3) is 3.24. The molecule has 0 atom stereocenters. The number of nitrogens with two attached hydrogens (primary N) is 1. The van der Waals surface area contributed by atoms with E-state index in [0.29, 0.717) is 16.9 Å². The molecule has 0 unspecified atom stereocenters. The number of pyridine rings is 1. The van der Waals surface area contributed by atoms with Crippen molar-refractivity contribution in [3.63, 3.8) is 0 Å². The maximum Gasteiger partial charge on any atom is 0.272 e. The fraction of sp³-hybridized carbons (Fsp3) is 0.0769. The highest BCUT2D eigenvalue weighted by Crippen LogP contribution is 2.26. The lowest BCUT2D eigenvalue weighted by Gasteiger charge is -2.07. The Kier molecular flexibility index (Phi) is 3.98. The number of nitro benzene ring substituents is 1. The van der Waals surface area contributed by atoms with E-state index in [1.54, 1.807) is 13.0 Å². The molecule has 0 bridgehead atoms. The topological polar surface area (TPSA) is 124 Å². The van der Waals surface area contributed by atoms with E-state index in [1.165, 1.54) is 30.5 Å². The van der Waals surface area contributed by atoms with E-state index in [9.17, 15) is 10.1 Å². The fourth-order valence-electron chi connectivity index (χ4n) is 1.70. The largest absolute Gasteiger partial charge is 0.439 e. The summed E-state index contributed by atoms with van der Waals surface area (Å²) in [6.45, 7) is 1.62. The van der Waals surface area contributed by atoms with E-state index in [4.69, 9.17) is 15.7 Å². The van der Waals surface area contributed by atoms with Crippen molar-refractivity contribution in [1.29, 1.82) is 0 Å². The molecule has 1 heterocycles. The second-order valence-corrected chi connectivity index (χ2v) is 4.18. The van der Waals surface area contributed by atoms with Crippen LogP contribution in [0.3, 0.4) is 0 Å². The highest BCUT2D eigenvalue weighted by atomic mass is 16.6. The van der Waals surface area contributed by atoms with Gasteiger partial charge in [0.15, 0.2) is 5.84 Å². The van der Waals surface area contributed by atoms with Crippen molar-refractivity contribution in [2.45, 2.75) is 6.92 Å². The quantitative estimate of drug-likeness (QED) is 0.292. The number of rotatable bonds is 4. The van der Waals surface area contributed by atoms with Gasteiger partial charge in [-0.2, -0.15) is 0 Å². The summed E-state index contributed by atoms with van der Waals surface area (Å²) in [7, 11) is 0. The summed E-state index contributed by atoms with van der Waals surface area (Å²) in [5.74, 6) is 0.566. The Balaban J connectivity index is 2.26. The molecule has 0 saturated heterocycles. The molecule has 3 N–H and O–H groups in total. The van der Waals surface area contributed by atoms with Crippen LogP contribution < -0.4 is 10.5 Å². The van der Waals surface area contributed by atoms with E-state index in [-0.39, 0.29) is 17.4 Å². The third-order valence-corrected chi connectivity index (χ3v) is 2.73. The second kappa shape index (κ2) is 5.87. The molecule has 108 valence electrons. The van der Waals surface area contributed by atoms with Gasteiger partial charge in [0.05, 0.1) is 4.92 Å². The number of nitrogens with zero attached hydrogens (tertiary/aromatic N) is 3. The first-order valence-corrected chi connectivity index (χ1v) is 5.88. The van der Waals surface area contributed by atoms with E-state index < -0.39 is 4.92 Å². The Hall–Kier alpha value is -3.16. The first-order valence-electron chi connectivity index (χ1n) is 5.88. The van der Waals surface area contributed by atoms with Crippen LogP contribution in [0.25, 0.3) is 0 Å². The van der Waals surface area contributed by atoms with Gasteiger partial charge in [0.2, 0.25) is 5.88 Å². The smallest absolute Gasteiger partial charge is 0.272 e. The van der Waals surface area contributed by atoms with Crippen LogP contribution in [0, 0.1) is 17.0 Å². The van der Waals surface area contributed by atoms with Crippen LogP contribution in [0.1, 0.15) is 11.1 Å². The van der Waals surface area contributed by atoms with Crippen molar-refractivity contribution in [1.82, 2.24) is 4.98 Å². The molecule has 0 amide bonds. The number of ether oxygens (including phenoxy) is 1. The van der Waals surface area contributed by atoms with Crippen molar-refractivity contribution in [2.24, 2.45) is 10.9 Å². The number of aryl methyl sites for hydroxylation is 1. The highest BCUT2D eigenvalue weighted by Gasteiger charge is 2.11. The molecule has 0 fully saturated rings. The molecule has 0 aliphatic rings. The van der Waals surface area contributed by atoms with Gasteiger partial charge in [0, 0.05) is 29.5 Å².